The number of benzene rings is 2. The van der Waals surface area contributed by atoms with Gasteiger partial charge in [-0.15, -0.1) is 11.8 Å². The molecule has 6 heteroatoms. The number of morpholine rings is 1. The van der Waals surface area contributed by atoms with E-state index in [1.54, 1.807) is 0 Å². The Balaban J connectivity index is 1.61. The smallest absolute Gasteiger partial charge is 0.230 e. The molecule has 0 bridgehead atoms. The van der Waals surface area contributed by atoms with Crippen molar-refractivity contribution in [3.05, 3.63) is 65.2 Å². The van der Waals surface area contributed by atoms with Gasteiger partial charge in [-0.2, -0.15) is 0 Å². The lowest BCUT2D eigenvalue weighted by atomic mass is 9.98. The van der Waals surface area contributed by atoms with Crippen LogP contribution >= 0.6 is 23.4 Å². The van der Waals surface area contributed by atoms with E-state index in [1.807, 2.05) is 30.3 Å². The Hall–Kier alpha value is -1.53. The van der Waals surface area contributed by atoms with Crippen molar-refractivity contribution in [2.45, 2.75) is 23.9 Å². The molecule has 0 spiro atoms. The van der Waals surface area contributed by atoms with Gasteiger partial charge >= 0.3 is 0 Å². The number of rotatable bonds is 7. The molecule has 0 aliphatic carbocycles. The Morgan fingerprint density at radius 1 is 1.15 bits per heavy atom. The Morgan fingerprint density at radius 3 is 2.48 bits per heavy atom. The van der Waals surface area contributed by atoms with Crippen LogP contribution in [-0.2, 0) is 9.53 Å². The first-order valence-electron chi connectivity index (χ1n) is 9.28. The summed E-state index contributed by atoms with van der Waals surface area (Å²) in [5.41, 5.74) is 1.26. The van der Waals surface area contributed by atoms with E-state index in [-0.39, 0.29) is 18.0 Å². The Morgan fingerprint density at radius 2 is 1.81 bits per heavy atom. The van der Waals surface area contributed by atoms with Crippen LogP contribution in [0.3, 0.4) is 0 Å². The van der Waals surface area contributed by atoms with E-state index in [0.717, 1.165) is 31.2 Å². The predicted octanol–water partition coefficient (Wildman–Crippen LogP) is 2.59. The molecular formula is C21H26ClN2O2S+. The number of carbonyl (C=O) groups is 1. The molecule has 2 aromatic carbocycles. The van der Waals surface area contributed by atoms with Crippen molar-refractivity contribution in [1.82, 2.24) is 5.32 Å². The lowest BCUT2D eigenvalue weighted by molar-refractivity contribution is -0.940. The van der Waals surface area contributed by atoms with Crippen molar-refractivity contribution in [2.24, 2.45) is 0 Å². The molecule has 1 fully saturated rings. The quantitative estimate of drug-likeness (QED) is 0.696. The summed E-state index contributed by atoms with van der Waals surface area (Å²) in [5, 5.41) is 3.92. The number of amides is 1. The van der Waals surface area contributed by atoms with E-state index in [1.165, 1.54) is 22.2 Å². The normalized spacial score (nSPS) is 17.3. The van der Waals surface area contributed by atoms with Crippen LogP contribution in [0.5, 0.6) is 0 Å². The van der Waals surface area contributed by atoms with Crippen molar-refractivity contribution >= 4 is 29.3 Å². The van der Waals surface area contributed by atoms with E-state index in [4.69, 9.17) is 16.3 Å². The Kier molecular flexibility index (Phi) is 7.59. The highest BCUT2D eigenvalue weighted by molar-refractivity contribution is 8.00. The molecule has 3 rings (SSSR count). The summed E-state index contributed by atoms with van der Waals surface area (Å²) in [5.74, 6) is 0.447. The third-order valence-electron chi connectivity index (χ3n) is 4.81. The van der Waals surface area contributed by atoms with E-state index in [2.05, 4.69) is 36.5 Å². The molecule has 0 saturated carbocycles. The highest BCUT2D eigenvalue weighted by Crippen LogP contribution is 2.20. The van der Waals surface area contributed by atoms with Gasteiger partial charge in [0.25, 0.3) is 0 Å². The molecule has 1 heterocycles. The molecule has 4 nitrogen and oxygen atoms in total. The standard InChI is InChI=1S/C21H25ClN2O2S/c1-16(23-20(25)15-27-19-9-7-18(22)8-10-19)21(17-5-3-2-4-6-17)24-11-13-26-14-12-24/h2-10,16,21H,11-15H2,1H3,(H,23,25)/p+1/t16-,21+/m0/s1. The van der Waals surface area contributed by atoms with Crippen LogP contribution in [0.2, 0.25) is 5.02 Å². The second kappa shape index (κ2) is 10.1. The molecule has 0 radical (unpaired) electrons. The zero-order valence-corrected chi connectivity index (χ0v) is 17.1. The fourth-order valence-corrected chi connectivity index (χ4v) is 4.38. The van der Waals surface area contributed by atoms with E-state index < -0.39 is 0 Å². The number of hydrogen-bond acceptors (Lipinski definition) is 3. The van der Waals surface area contributed by atoms with Crippen LogP contribution in [0.15, 0.2) is 59.5 Å². The number of ether oxygens (including phenoxy) is 1. The summed E-state index contributed by atoms with van der Waals surface area (Å²) in [6.45, 7) is 5.56. The van der Waals surface area contributed by atoms with Crippen LogP contribution in [0.4, 0.5) is 0 Å². The average molecular weight is 406 g/mol. The third kappa shape index (κ3) is 5.98. The van der Waals surface area contributed by atoms with Gasteiger partial charge in [0.1, 0.15) is 19.1 Å². The molecule has 1 saturated heterocycles. The van der Waals surface area contributed by atoms with Gasteiger partial charge in [-0.1, -0.05) is 41.9 Å². The van der Waals surface area contributed by atoms with Crippen LogP contribution in [0.1, 0.15) is 18.5 Å². The lowest BCUT2D eigenvalue weighted by Crippen LogP contribution is -3.15. The molecule has 2 atom stereocenters. The van der Waals surface area contributed by atoms with Crippen LogP contribution < -0.4 is 10.2 Å². The number of nitrogens with one attached hydrogen (secondary N) is 2. The van der Waals surface area contributed by atoms with Gasteiger partial charge in [0.05, 0.1) is 25.0 Å². The van der Waals surface area contributed by atoms with E-state index >= 15 is 0 Å². The molecule has 2 aromatic rings. The zero-order valence-electron chi connectivity index (χ0n) is 15.5. The van der Waals surface area contributed by atoms with Gasteiger partial charge < -0.3 is 15.0 Å². The number of thioether (sulfide) groups is 1. The average Bonchev–Trinajstić information content (AvgIpc) is 2.69. The minimum Gasteiger partial charge on any atom is -0.370 e. The van der Waals surface area contributed by atoms with Gasteiger partial charge in [0, 0.05) is 15.5 Å². The second-order valence-electron chi connectivity index (χ2n) is 6.76. The SMILES string of the molecule is C[C@H](NC(=O)CSc1ccc(Cl)cc1)[C@H](c1ccccc1)[NH+]1CCOCC1. The highest BCUT2D eigenvalue weighted by atomic mass is 35.5. The Labute approximate surface area is 170 Å². The predicted molar refractivity (Wildman–Crippen MR) is 110 cm³/mol. The number of carbonyl (C=O) groups excluding carboxylic acids is 1. The van der Waals surface area contributed by atoms with Crippen molar-refractivity contribution < 1.29 is 14.4 Å². The summed E-state index contributed by atoms with van der Waals surface area (Å²) in [7, 11) is 0. The molecule has 0 aromatic heterocycles. The lowest BCUT2D eigenvalue weighted by Gasteiger charge is -2.35. The summed E-state index contributed by atoms with van der Waals surface area (Å²) in [4.78, 5) is 15.0. The maximum absolute atomic E-state index is 12.5. The first-order valence-corrected chi connectivity index (χ1v) is 10.6. The maximum Gasteiger partial charge on any atom is 0.230 e. The first kappa shape index (κ1) is 20.2. The number of quaternary nitrogens is 1. The van der Waals surface area contributed by atoms with Crippen molar-refractivity contribution in [2.75, 3.05) is 32.1 Å². The van der Waals surface area contributed by atoms with Crippen molar-refractivity contribution in [3.63, 3.8) is 0 Å². The fraction of sp³-hybridized carbons (Fsp3) is 0.381. The van der Waals surface area contributed by atoms with E-state index in [9.17, 15) is 4.79 Å². The van der Waals surface area contributed by atoms with Gasteiger partial charge in [0.2, 0.25) is 5.91 Å². The molecule has 1 amide bonds. The molecule has 1 aliphatic rings. The topological polar surface area (TPSA) is 42.8 Å². The fourth-order valence-electron chi connectivity index (χ4n) is 3.54. The summed E-state index contributed by atoms with van der Waals surface area (Å²) in [6, 6.07) is 18.3. The summed E-state index contributed by atoms with van der Waals surface area (Å²) >= 11 is 7.44. The van der Waals surface area contributed by atoms with Gasteiger partial charge in [0.15, 0.2) is 0 Å². The first-order chi connectivity index (χ1) is 13.1. The molecule has 27 heavy (non-hydrogen) atoms. The largest absolute Gasteiger partial charge is 0.370 e. The van der Waals surface area contributed by atoms with Crippen LogP contribution in [-0.4, -0.2) is 44.0 Å². The molecule has 1 aliphatic heterocycles. The summed E-state index contributed by atoms with van der Waals surface area (Å²) in [6.07, 6.45) is 0. The second-order valence-corrected chi connectivity index (χ2v) is 8.24. The van der Waals surface area contributed by atoms with Gasteiger partial charge in [-0.3, -0.25) is 4.79 Å². The molecule has 144 valence electrons. The minimum absolute atomic E-state index is 0.0406. The highest BCUT2D eigenvalue weighted by Gasteiger charge is 2.32. The van der Waals surface area contributed by atoms with Gasteiger partial charge in [-0.05, 0) is 31.2 Å². The Bertz CT molecular complexity index is 721. The third-order valence-corrected chi connectivity index (χ3v) is 6.07. The maximum atomic E-state index is 12.5. The summed E-state index contributed by atoms with van der Waals surface area (Å²) < 4.78 is 5.52. The number of halogens is 1. The van der Waals surface area contributed by atoms with Gasteiger partial charge in [-0.25, -0.2) is 0 Å². The van der Waals surface area contributed by atoms with E-state index in [0.29, 0.717) is 10.8 Å². The molecule has 0 unspecified atom stereocenters. The number of hydrogen-bond donors (Lipinski definition) is 2. The monoisotopic (exact) mass is 405 g/mol. The molecule has 2 N–H and O–H groups in total. The van der Waals surface area contributed by atoms with Crippen molar-refractivity contribution in [1.29, 1.82) is 0 Å². The zero-order chi connectivity index (χ0) is 19.1. The van der Waals surface area contributed by atoms with Crippen LogP contribution in [0, 0.1) is 0 Å². The molecular weight excluding hydrogens is 380 g/mol. The van der Waals surface area contributed by atoms with Crippen molar-refractivity contribution in [3.8, 4) is 0 Å². The van der Waals surface area contributed by atoms with Crippen LogP contribution in [0.25, 0.3) is 0 Å². The minimum atomic E-state index is 0.0406.